The second-order valence-electron chi connectivity index (χ2n) is 8.36. The molecule has 170 valence electrons. The van der Waals surface area contributed by atoms with Gasteiger partial charge in [-0.1, -0.05) is 43.3 Å². The Hall–Kier alpha value is -2.83. The standard InChI is InChI=1S/C26H33N3O3/c1-3-23-26(30)27-12-14-29(23)18-20-10-11-25-22(17-20)19-28(15-16-32-25)13-6-8-21-7-4-5-9-24(21)31-2/h4-11,17,23H,3,12-16,18-19H2,1-2H3,(H,27,30). The summed E-state index contributed by atoms with van der Waals surface area (Å²) in [6.07, 6.45) is 5.13. The van der Waals surface area contributed by atoms with E-state index in [1.807, 2.05) is 18.2 Å². The first-order valence-corrected chi connectivity index (χ1v) is 11.5. The van der Waals surface area contributed by atoms with Gasteiger partial charge >= 0.3 is 0 Å². The van der Waals surface area contributed by atoms with Crippen molar-refractivity contribution in [3.05, 3.63) is 65.2 Å². The minimum absolute atomic E-state index is 0.0459. The lowest BCUT2D eigenvalue weighted by Gasteiger charge is -2.34. The minimum atomic E-state index is -0.0459. The number of fused-ring (bicyclic) bond motifs is 1. The summed E-state index contributed by atoms with van der Waals surface area (Å²) in [7, 11) is 1.70. The van der Waals surface area contributed by atoms with Crippen molar-refractivity contribution >= 4 is 12.0 Å². The number of piperazine rings is 1. The van der Waals surface area contributed by atoms with Gasteiger partial charge in [0.1, 0.15) is 18.1 Å². The fourth-order valence-electron chi connectivity index (χ4n) is 4.52. The third-order valence-electron chi connectivity index (χ3n) is 6.20. The number of hydrogen-bond donors (Lipinski definition) is 1. The molecule has 0 bridgehead atoms. The van der Waals surface area contributed by atoms with Crippen LogP contribution in [0.3, 0.4) is 0 Å². The van der Waals surface area contributed by atoms with Gasteiger partial charge in [0, 0.05) is 50.4 Å². The lowest BCUT2D eigenvalue weighted by atomic mass is 10.1. The van der Waals surface area contributed by atoms with Gasteiger partial charge in [-0.3, -0.25) is 14.6 Å². The molecule has 4 rings (SSSR count). The van der Waals surface area contributed by atoms with Crippen LogP contribution in [0, 0.1) is 0 Å². The summed E-state index contributed by atoms with van der Waals surface area (Å²) < 4.78 is 11.5. The number of rotatable bonds is 7. The van der Waals surface area contributed by atoms with Crippen LogP contribution in [0.4, 0.5) is 0 Å². The average molecular weight is 436 g/mol. The van der Waals surface area contributed by atoms with Crippen LogP contribution in [0.5, 0.6) is 11.5 Å². The maximum atomic E-state index is 12.2. The predicted octanol–water partition coefficient (Wildman–Crippen LogP) is 3.31. The van der Waals surface area contributed by atoms with Crippen LogP contribution in [0.2, 0.25) is 0 Å². The van der Waals surface area contributed by atoms with E-state index in [0.29, 0.717) is 6.61 Å². The van der Waals surface area contributed by atoms with Crippen LogP contribution in [-0.2, 0) is 17.9 Å². The van der Waals surface area contributed by atoms with Crippen molar-refractivity contribution in [3.63, 3.8) is 0 Å². The number of methoxy groups -OCH3 is 1. The quantitative estimate of drug-likeness (QED) is 0.723. The molecule has 0 aliphatic carbocycles. The van der Waals surface area contributed by atoms with Crippen molar-refractivity contribution in [3.8, 4) is 11.5 Å². The van der Waals surface area contributed by atoms with Crippen LogP contribution in [-0.4, -0.2) is 61.6 Å². The molecular weight excluding hydrogens is 402 g/mol. The molecule has 6 nitrogen and oxygen atoms in total. The Morgan fingerprint density at radius 1 is 1.22 bits per heavy atom. The highest BCUT2D eigenvalue weighted by atomic mass is 16.5. The summed E-state index contributed by atoms with van der Waals surface area (Å²) in [5.41, 5.74) is 3.52. The maximum Gasteiger partial charge on any atom is 0.237 e. The van der Waals surface area contributed by atoms with Gasteiger partial charge in [0.15, 0.2) is 0 Å². The summed E-state index contributed by atoms with van der Waals surface area (Å²) in [4.78, 5) is 16.9. The molecule has 2 aromatic rings. The first-order chi connectivity index (χ1) is 15.7. The van der Waals surface area contributed by atoms with Crippen molar-refractivity contribution in [2.75, 3.05) is 39.9 Å². The zero-order valence-electron chi connectivity index (χ0n) is 19.0. The van der Waals surface area contributed by atoms with Crippen molar-refractivity contribution in [2.45, 2.75) is 32.5 Å². The molecule has 0 radical (unpaired) electrons. The molecule has 2 heterocycles. The molecule has 1 unspecified atom stereocenters. The Morgan fingerprint density at radius 3 is 2.94 bits per heavy atom. The van der Waals surface area contributed by atoms with Gasteiger partial charge in [-0.2, -0.15) is 0 Å². The average Bonchev–Trinajstić information content (AvgIpc) is 3.01. The first kappa shape index (κ1) is 22.4. The Labute approximate surface area is 190 Å². The summed E-state index contributed by atoms with van der Waals surface area (Å²) >= 11 is 0. The molecule has 2 aliphatic rings. The second kappa shape index (κ2) is 10.7. The highest BCUT2D eigenvalue weighted by molar-refractivity contribution is 5.82. The van der Waals surface area contributed by atoms with E-state index in [9.17, 15) is 4.79 Å². The van der Waals surface area contributed by atoms with Gasteiger partial charge in [-0.25, -0.2) is 0 Å². The molecular formula is C26H33N3O3. The number of benzene rings is 2. The van der Waals surface area contributed by atoms with Crippen molar-refractivity contribution < 1.29 is 14.3 Å². The molecule has 0 saturated carbocycles. The zero-order valence-corrected chi connectivity index (χ0v) is 19.0. The Kier molecular flexibility index (Phi) is 7.45. The largest absolute Gasteiger partial charge is 0.496 e. The Morgan fingerprint density at radius 2 is 2.09 bits per heavy atom. The number of carbonyl (C=O) groups excluding carboxylic acids is 1. The maximum absolute atomic E-state index is 12.2. The van der Waals surface area contributed by atoms with Gasteiger partial charge in [0.05, 0.1) is 13.2 Å². The van der Waals surface area contributed by atoms with E-state index in [1.165, 1.54) is 11.1 Å². The highest BCUT2D eigenvalue weighted by Gasteiger charge is 2.28. The van der Waals surface area contributed by atoms with Gasteiger partial charge in [0.25, 0.3) is 0 Å². The molecule has 2 aromatic carbocycles. The van der Waals surface area contributed by atoms with E-state index in [-0.39, 0.29) is 11.9 Å². The molecule has 1 amide bonds. The van der Waals surface area contributed by atoms with Gasteiger partial charge in [-0.05, 0) is 30.2 Å². The molecule has 0 spiro atoms. The third-order valence-corrected chi connectivity index (χ3v) is 6.20. The van der Waals surface area contributed by atoms with Crippen molar-refractivity contribution in [1.82, 2.24) is 15.1 Å². The second-order valence-corrected chi connectivity index (χ2v) is 8.36. The normalized spacial score (nSPS) is 19.8. The van der Waals surface area contributed by atoms with E-state index in [1.54, 1.807) is 7.11 Å². The topological polar surface area (TPSA) is 54.0 Å². The predicted molar refractivity (Wildman–Crippen MR) is 127 cm³/mol. The summed E-state index contributed by atoms with van der Waals surface area (Å²) in [6.45, 7) is 7.71. The van der Waals surface area contributed by atoms with E-state index in [2.05, 4.69) is 58.5 Å². The Balaban J connectivity index is 1.43. The molecule has 1 saturated heterocycles. The highest BCUT2D eigenvalue weighted by Crippen LogP contribution is 2.26. The number of hydrogen-bond acceptors (Lipinski definition) is 5. The monoisotopic (exact) mass is 435 g/mol. The number of ether oxygens (including phenoxy) is 2. The minimum Gasteiger partial charge on any atom is -0.496 e. The number of nitrogens with one attached hydrogen (secondary N) is 1. The van der Waals surface area contributed by atoms with E-state index < -0.39 is 0 Å². The van der Waals surface area contributed by atoms with Crippen molar-refractivity contribution in [2.24, 2.45) is 0 Å². The summed E-state index contributed by atoms with van der Waals surface area (Å²) in [6, 6.07) is 14.5. The molecule has 1 N–H and O–H groups in total. The number of nitrogens with zero attached hydrogens (tertiary/aromatic N) is 2. The van der Waals surface area contributed by atoms with Crippen LogP contribution in [0.15, 0.2) is 48.5 Å². The smallest absolute Gasteiger partial charge is 0.237 e. The zero-order chi connectivity index (χ0) is 22.3. The van der Waals surface area contributed by atoms with E-state index >= 15 is 0 Å². The van der Waals surface area contributed by atoms with Crippen LogP contribution < -0.4 is 14.8 Å². The fourth-order valence-corrected chi connectivity index (χ4v) is 4.52. The van der Waals surface area contributed by atoms with Crippen molar-refractivity contribution in [1.29, 1.82) is 0 Å². The SMILES string of the molecule is CCC1C(=O)NCCN1Cc1ccc2c(c1)CN(CC=Cc1ccccc1OC)CCO2. The molecule has 0 aromatic heterocycles. The lowest BCUT2D eigenvalue weighted by molar-refractivity contribution is -0.129. The summed E-state index contributed by atoms with van der Waals surface area (Å²) in [5.74, 6) is 1.99. The molecule has 1 fully saturated rings. The first-order valence-electron chi connectivity index (χ1n) is 11.5. The van der Waals surface area contributed by atoms with Crippen LogP contribution >= 0.6 is 0 Å². The van der Waals surface area contributed by atoms with E-state index in [0.717, 1.165) is 62.8 Å². The van der Waals surface area contributed by atoms with E-state index in [4.69, 9.17) is 9.47 Å². The van der Waals surface area contributed by atoms with Gasteiger partial charge in [0.2, 0.25) is 5.91 Å². The molecule has 2 aliphatic heterocycles. The fraction of sp³-hybridized carbons (Fsp3) is 0.423. The van der Waals surface area contributed by atoms with Gasteiger partial charge in [-0.15, -0.1) is 0 Å². The number of amides is 1. The number of carbonyl (C=O) groups is 1. The van der Waals surface area contributed by atoms with Crippen LogP contribution in [0.1, 0.15) is 30.0 Å². The lowest BCUT2D eigenvalue weighted by Crippen LogP contribution is -2.54. The summed E-state index contributed by atoms with van der Waals surface area (Å²) in [5, 5.41) is 2.98. The third kappa shape index (κ3) is 5.31. The van der Waals surface area contributed by atoms with Crippen LogP contribution in [0.25, 0.3) is 6.08 Å². The molecule has 6 heteroatoms. The number of para-hydroxylation sites is 1. The molecule has 32 heavy (non-hydrogen) atoms. The van der Waals surface area contributed by atoms with Gasteiger partial charge < -0.3 is 14.8 Å². The Bertz CT molecular complexity index is 959. The molecule has 1 atom stereocenters.